The van der Waals surface area contributed by atoms with Crippen LogP contribution in [0.5, 0.6) is 5.75 Å². The van der Waals surface area contributed by atoms with Gasteiger partial charge < -0.3 is 15.0 Å². The van der Waals surface area contributed by atoms with Crippen molar-refractivity contribution in [1.82, 2.24) is 4.57 Å². The summed E-state index contributed by atoms with van der Waals surface area (Å²) in [4.78, 5) is 0. The van der Waals surface area contributed by atoms with Gasteiger partial charge in [0.2, 0.25) is 0 Å². The zero-order valence-electron chi connectivity index (χ0n) is 11.7. The van der Waals surface area contributed by atoms with E-state index in [1.165, 1.54) is 35.7 Å². The number of rotatable bonds is 4. The number of nitrogens with zero attached hydrogens (tertiary/aromatic N) is 1. The van der Waals surface area contributed by atoms with E-state index in [-0.39, 0.29) is 0 Å². The molecule has 2 aromatic rings. The number of benzene rings is 1. The number of aromatic nitrogens is 1. The Kier molecular flexibility index (Phi) is 3.23. The fourth-order valence-corrected chi connectivity index (χ4v) is 3.31. The molecular formula is C16H22N2O. The van der Waals surface area contributed by atoms with Crippen LogP contribution in [0.4, 0.5) is 0 Å². The van der Waals surface area contributed by atoms with Crippen molar-refractivity contribution >= 4 is 10.9 Å². The van der Waals surface area contributed by atoms with Crippen molar-refractivity contribution in [1.29, 1.82) is 0 Å². The molecule has 102 valence electrons. The first-order valence-corrected chi connectivity index (χ1v) is 7.08. The number of methoxy groups -OCH3 is 1. The zero-order chi connectivity index (χ0) is 13.4. The molecule has 2 N–H and O–H groups in total. The van der Waals surface area contributed by atoms with Gasteiger partial charge in [0, 0.05) is 24.5 Å². The van der Waals surface area contributed by atoms with Crippen molar-refractivity contribution in [3.05, 3.63) is 30.0 Å². The Morgan fingerprint density at radius 3 is 2.79 bits per heavy atom. The number of hydrogen-bond acceptors (Lipinski definition) is 2. The smallest absolute Gasteiger partial charge is 0.128 e. The molecule has 0 bridgehead atoms. The summed E-state index contributed by atoms with van der Waals surface area (Å²) in [5, 5.41) is 1.25. The van der Waals surface area contributed by atoms with E-state index < -0.39 is 0 Å². The number of nitrogens with two attached hydrogens (primary N) is 1. The molecule has 1 aromatic heterocycles. The van der Waals surface area contributed by atoms with E-state index in [2.05, 4.69) is 23.9 Å². The first-order valence-electron chi connectivity index (χ1n) is 7.08. The lowest BCUT2D eigenvalue weighted by Crippen LogP contribution is -2.26. The summed E-state index contributed by atoms with van der Waals surface area (Å²) < 4.78 is 7.74. The highest BCUT2D eigenvalue weighted by atomic mass is 16.5. The van der Waals surface area contributed by atoms with Crippen molar-refractivity contribution in [2.24, 2.45) is 18.7 Å². The maximum absolute atomic E-state index is 6.06. The van der Waals surface area contributed by atoms with E-state index >= 15 is 0 Å². The predicted octanol–water partition coefficient (Wildman–Crippen LogP) is 3.03. The van der Waals surface area contributed by atoms with Crippen LogP contribution < -0.4 is 10.5 Å². The third kappa shape index (κ3) is 1.93. The molecule has 1 fully saturated rings. The minimum atomic E-state index is 0.466. The normalized spacial score (nSPS) is 17.4. The maximum Gasteiger partial charge on any atom is 0.128 e. The van der Waals surface area contributed by atoms with Crippen LogP contribution in [0, 0.1) is 5.92 Å². The quantitative estimate of drug-likeness (QED) is 0.915. The van der Waals surface area contributed by atoms with Crippen molar-refractivity contribution in [2.45, 2.75) is 25.2 Å². The fraction of sp³-hybridized carbons (Fsp3) is 0.500. The van der Waals surface area contributed by atoms with Crippen LogP contribution in [-0.2, 0) is 7.05 Å². The lowest BCUT2D eigenvalue weighted by molar-refractivity contribution is 0.264. The van der Waals surface area contributed by atoms with Crippen LogP contribution in [0.2, 0.25) is 0 Å². The Bertz CT molecular complexity index is 584. The molecule has 0 radical (unpaired) electrons. The van der Waals surface area contributed by atoms with E-state index in [1.54, 1.807) is 7.11 Å². The minimum Gasteiger partial charge on any atom is -0.496 e. The second kappa shape index (κ2) is 4.89. The van der Waals surface area contributed by atoms with Crippen LogP contribution >= 0.6 is 0 Å². The summed E-state index contributed by atoms with van der Waals surface area (Å²) in [6, 6.07) is 6.24. The highest BCUT2D eigenvalue weighted by Crippen LogP contribution is 2.43. The van der Waals surface area contributed by atoms with Gasteiger partial charge in [-0.3, -0.25) is 0 Å². The van der Waals surface area contributed by atoms with Crippen LogP contribution in [0.3, 0.4) is 0 Å². The van der Waals surface area contributed by atoms with E-state index in [1.807, 2.05) is 12.1 Å². The second-order valence-corrected chi connectivity index (χ2v) is 5.58. The second-order valence-electron chi connectivity index (χ2n) is 5.58. The Morgan fingerprint density at radius 1 is 1.42 bits per heavy atom. The molecule has 1 unspecified atom stereocenters. The lowest BCUT2D eigenvalue weighted by atomic mass is 9.73. The van der Waals surface area contributed by atoms with E-state index in [9.17, 15) is 0 Å². The van der Waals surface area contributed by atoms with Crippen molar-refractivity contribution in [3.8, 4) is 5.75 Å². The Balaban J connectivity index is 2.16. The van der Waals surface area contributed by atoms with Crippen molar-refractivity contribution < 1.29 is 4.74 Å². The molecule has 0 saturated heterocycles. The molecule has 1 aromatic carbocycles. The van der Waals surface area contributed by atoms with Gasteiger partial charge in [-0.05, 0) is 43.0 Å². The topological polar surface area (TPSA) is 40.2 Å². The van der Waals surface area contributed by atoms with E-state index in [0.717, 1.165) is 18.2 Å². The Labute approximate surface area is 114 Å². The third-order valence-electron chi connectivity index (χ3n) is 4.60. The average Bonchev–Trinajstić information content (AvgIpc) is 2.71. The van der Waals surface area contributed by atoms with Gasteiger partial charge in [-0.15, -0.1) is 0 Å². The lowest BCUT2D eigenvalue weighted by Gasteiger charge is -2.33. The first-order chi connectivity index (χ1) is 9.26. The fourth-order valence-electron chi connectivity index (χ4n) is 3.31. The van der Waals surface area contributed by atoms with Gasteiger partial charge >= 0.3 is 0 Å². The Morgan fingerprint density at radius 2 is 2.21 bits per heavy atom. The molecule has 3 rings (SSSR count). The molecule has 1 saturated carbocycles. The summed E-state index contributed by atoms with van der Waals surface area (Å²) in [5.41, 5.74) is 8.65. The molecular weight excluding hydrogens is 236 g/mol. The van der Waals surface area contributed by atoms with E-state index in [0.29, 0.717) is 5.92 Å². The van der Waals surface area contributed by atoms with Gasteiger partial charge in [0.05, 0.1) is 12.6 Å². The average molecular weight is 258 g/mol. The van der Waals surface area contributed by atoms with Crippen LogP contribution in [0.15, 0.2) is 24.4 Å². The van der Waals surface area contributed by atoms with Crippen LogP contribution in [-0.4, -0.2) is 18.2 Å². The Hall–Kier alpha value is -1.48. The monoisotopic (exact) mass is 258 g/mol. The molecule has 3 nitrogen and oxygen atoms in total. The third-order valence-corrected chi connectivity index (χ3v) is 4.60. The molecule has 1 aliphatic carbocycles. The van der Waals surface area contributed by atoms with Gasteiger partial charge in [-0.25, -0.2) is 0 Å². The minimum absolute atomic E-state index is 0.466. The number of ether oxygens (including phenoxy) is 1. The summed E-state index contributed by atoms with van der Waals surface area (Å²) >= 11 is 0. The highest BCUT2D eigenvalue weighted by molar-refractivity contribution is 5.90. The first kappa shape index (κ1) is 12.5. The summed E-state index contributed by atoms with van der Waals surface area (Å²) in [5.74, 6) is 2.18. The number of aryl methyl sites for hydroxylation is 1. The molecule has 0 spiro atoms. The van der Waals surface area contributed by atoms with Gasteiger partial charge in [-0.1, -0.05) is 12.5 Å². The standard InChI is InChI=1S/C16H22N2O/c1-18-10-13(12(9-17)11-5-3-6-11)16-14(18)7-4-8-15(16)19-2/h4,7-8,10-12H,3,5-6,9,17H2,1-2H3. The van der Waals surface area contributed by atoms with Crippen LogP contribution in [0.25, 0.3) is 10.9 Å². The van der Waals surface area contributed by atoms with E-state index in [4.69, 9.17) is 10.5 Å². The summed E-state index contributed by atoms with van der Waals surface area (Å²) in [6.07, 6.45) is 6.22. The maximum atomic E-state index is 6.06. The molecule has 1 heterocycles. The number of hydrogen-bond donors (Lipinski definition) is 1. The SMILES string of the molecule is COc1cccc2c1c(C(CN)C1CCC1)cn2C. The molecule has 1 atom stereocenters. The van der Waals surface area contributed by atoms with Gasteiger partial charge in [0.15, 0.2) is 0 Å². The molecule has 1 aliphatic rings. The van der Waals surface area contributed by atoms with Gasteiger partial charge in [0.1, 0.15) is 5.75 Å². The zero-order valence-corrected chi connectivity index (χ0v) is 11.7. The molecule has 19 heavy (non-hydrogen) atoms. The number of fused-ring (bicyclic) bond motifs is 1. The highest BCUT2D eigenvalue weighted by Gasteiger charge is 2.30. The molecule has 3 heteroatoms. The van der Waals surface area contributed by atoms with Crippen LogP contribution in [0.1, 0.15) is 30.7 Å². The van der Waals surface area contributed by atoms with Crippen molar-refractivity contribution in [3.63, 3.8) is 0 Å². The largest absolute Gasteiger partial charge is 0.496 e. The van der Waals surface area contributed by atoms with Crippen molar-refractivity contribution in [2.75, 3.05) is 13.7 Å². The predicted molar refractivity (Wildman–Crippen MR) is 78.6 cm³/mol. The van der Waals surface area contributed by atoms with Gasteiger partial charge in [0.25, 0.3) is 0 Å². The van der Waals surface area contributed by atoms with Gasteiger partial charge in [-0.2, -0.15) is 0 Å². The summed E-state index contributed by atoms with van der Waals surface area (Å²) in [6.45, 7) is 0.724. The molecule has 0 amide bonds. The molecule has 0 aliphatic heterocycles. The summed E-state index contributed by atoms with van der Waals surface area (Å²) in [7, 11) is 3.84.